The Bertz CT molecular complexity index is 575. The minimum atomic E-state index is 0.380. The van der Waals surface area contributed by atoms with Crippen LogP contribution in [0.3, 0.4) is 0 Å². The minimum absolute atomic E-state index is 0.380. The molecule has 0 bridgehead atoms. The summed E-state index contributed by atoms with van der Waals surface area (Å²) in [5.41, 5.74) is 0. The van der Waals surface area contributed by atoms with Crippen LogP contribution in [0.1, 0.15) is 43.7 Å². The highest BCUT2D eigenvalue weighted by atomic mass is 16.4. The van der Waals surface area contributed by atoms with E-state index in [0.29, 0.717) is 24.4 Å². The second-order valence-corrected chi connectivity index (χ2v) is 5.04. The summed E-state index contributed by atoms with van der Waals surface area (Å²) >= 11 is 0. The molecular formula is C13H20N6O. The van der Waals surface area contributed by atoms with E-state index in [0.717, 1.165) is 43.9 Å². The van der Waals surface area contributed by atoms with Crippen molar-refractivity contribution in [2.75, 3.05) is 0 Å². The van der Waals surface area contributed by atoms with Crippen molar-refractivity contribution in [1.29, 1.82) is 0 Å². The molecule has 20 heavy (non-hydrogen) atoms. The summed E-state index contributed by atoms with van der Waals surface area (Å²) in [4.78, 5) is 4.52. The quantitative estimate of drug-likeness (QED) is 0.873. The molecule has 0 aromatic carbocycles. The Balaban J connectivity index is 1.57. The van der Waals surface area contributed by atoms with Crippen LogP contribution in [0.2, 0.25) is 0 Å². The summed E-state index contributed by atoms with van der Waals surface area (Å²) in [6, 6.07) is 0.380. The Kier molecular flexibility index (Phi) is 3.77. The molecule has 1 N–H and O–H groups in total. The van der Waals surface area contributed by atoms with Gasteiger partial charge in [-0.2, -0.15) is 5.10 Å². The van der Waals surface area contributed by atoms with Gasteiger partial charge in [-0.3, -0.25) is 0 Å². The molecule has 7 nitrogen and oxygen atoms in total. The maximum atomic E-state index is 5.50. The molecule has 108 valence electrons. The second kappa shape index (κ2) is 5.70. The maximum absolute atomic E-state index is 5.50. The number of nitrogens with one attached hydrogen (secondary N) is 1. The van der Waals surface area contributed by atoms with Gasteiger partial charge in [0.25, 0.3) is 0 Å². The molecule has 1 unspecified atom stereocenters. The van der Waals surface area contributed by atoms with Crippen molar-refractivity contribution >= 4 is 0 Å². The predicted octanol–water partition coefficient (Wildman–Crippen LogP) is 0.890. The van der Waals surface area contributed by atoms with Gasteiger partial charge in [-0.25, -0.2) is 9.67 Å². The third-order valence-electron chi connectivity index (χ3n) is 3.57. The average Bonchev–Trinajstić information content (AvgIpc) is 3.10. The topological polar surface area (TPSA) is 81.7 Å². The smallest absolute Gasteiger partial charge is 0.230 e. The van der Waals surface area contributed by atoms with E-state index in [-0.39, 0.29) is 0 Å². The van der Waals surface area contributed by atoms with Gasteiger partial charge in [0.05, 0.1) is 13.1 Å². The molecule has 1 atom stereocenters. The van der Waals surface area contributed by atoms with Gasteiger partial charge in [0.2, 0.25) is 11.8 Å². The van der Waals surface area contributed by atoms with Crippen molar-refractivity contribution in [1.82, 2.24) is 30.3 Å². The molecular weight excluding hydrogens is 256 g/mol. The standard InChI is InChI=1S/C13H20N6O/c1-3-10-15-11-6-5-9(8-19(11)18-10)14-7-13-17-16-12(4-2)20-13/h9,14H,3-8H2,1-2H3. The number of nitrogens with zero attached hydrogens (tertiary/aromatic N) is 5. The van der Waals surface area contributed by atoms with Crippen molar-refractivity contribution < 1.29 is 4.42 Å². The van der Waals surface area contributed by atoms with Crippen LogP contribution in [0.4, 0.5) is 0 Å². The number of aryl methyl sites for hydroxylation is 3. The second-order valence-electron chi connectivity index (χ2n) is 5.04. The Morgan fingerprint density at radius 2 is 2.10 bits per heavy atom. The van der Waals surface area contributed by atoms with E-state index >= 15 is 0 Å². The van der Waals surface area contributed by atoms with Crippen LogP contribution < -0.4 is 5.32 Å². The first-order valence-electron chi connectivity index (χ1n) is 7.25. The molecule has 0 fully saturated rings. The average molecular weight is 276 g/mol. The van der Waals surface area contributed by atoms with E-state index in [9.17, 15) is 0 Å². The van der Waals surface area contributed by atoms with Crippen molar-refractivity contribution in [3.05, 3.63) is 23.4 Å². The molecule has 1 aliphatic heterocycles. The predicted molar refractivity (Wildman–Crippen MR) is 72.0 cm³/mol. The van der Waals surface area contributed by atoms with Crippen LogP contribution in [-0.2, 0) is 32.4 Å². The third-order valence-corrected chi connectivity index (χ3v) is 3.57. The zero-order valence-electron chi connectivity index (χ0n) is 12.0. The van der Waals surface area contributed by atoms with E-state index in [1.165, 1.54) is 0 Å². The van der Waals surface area contributed by atoms with Gasteiger partial charge >= 0.3 is 0 Å². The van der Waals surface area contributed by atoms with Gasteiger partial charge in [-0.05, 0) is 6.42 Å². The summed E-state index contributed by atoms with van der Waals surface area (Å²) in [6.45, 7) is 5.56. The lowest BCUT2D eigenvalue weighted by Crippen LogP contribution is -2.37. The van der Waals surface area contributed by atoms with Gasteiger partial charge in [0.15, 0.2) is 5.82 Å². The van der Waals surface area contributed by atoms with E-state index in [1.807, 2.05) is 11.6 Å². The van der Waals surface area contributed by atoms with E-state index in [2.05, 4.69) is 32.5 Å². The summed E-state index contributed by atoms with van der Waals surface area (Å²) < 4.78 is 7.51. The normalized spacial score (nSPS) is 18.2. The van der Waals surface area contributed by atoms with Crippen LogP contribution in [0.15, 0.2) is 4.42 Å². The minimum Gasteiger partial charge on any atom is -0.424 e. The first-order valence-corrected chi connectivity index (χ1v) is 7.25. The lowest BCUT2D eigenvalue weighted by molar-refractivity contribution is 0.338. The first-order chi connectivity index (χ1) is 9.78. The van der Waals surface area contributed by atoms with Crippen LogP contribution in [0.5, 0.6) is 0 Å². The number of rotatable bonds is 5. The molecule has 1 aliphatic rings. The molecule has 3 rings (SSSR count). The summed E-state index contributed by atoms with van der Waals surface area (Å²) in [5, 5.41) is 15.9. The van der Waals surface area contributed by atoms with E-state index in [1.54, 1.807) is 0 Å². The highest BCUT2D eigenvalue weighted by molar-refractivity contribution is 4.98. The molecule has 2 aromatic rings. The molecule has 0 amide bonds. The molecule has 0 radical (unpaired) electrons. The Labute approximate surface area is 117 Å². The number of fused-ring (bicyclic) bond motifs is 1. The molecule has 3 heterocycles. The van der Waals surface area contributed by atoms with Crippen molar-refractivity contribution in [2.45, 2.75) is 58.7 Å². The SMILES string of the molecule is CCc1nc2n(n1)CC(NCc1nnc(CC)o1)CC2. The van der Waals surface area contributed by atoms with E-state index < -0.39 is 0 Å². The number of aromatic nitrogens is 5. The zero-order valence-corrected chi connectivity index (χ0v) is 12.0. The molecule has 0 aliphatic carbocycles. The van der Waals surface area contributed by atoms with Crippen LogP contribution in [0.25, 0.3) is 0 Å². The Hall–Kier alpha value is -1.76. The number of hydrogen-bond acceptors (Lipinski definition) is 6. The zero-order chi connectivity index (χ0) is 13.9. The van der Waals surface area contributed by atoms with Gasteiger partial charge < -0.3 is 9.73 Å². The fourth-order valence-electron chi connectivity index (χ4n) is 2.41. The van der Waals surface area contributed by atoms with Gasteiger partial charge in [-0.1, -0.05) is 13.8 Å². The lowest BCUT2D eigenvalue weighted by atomic mass is 10.1. The fourth-order valence-corrected chi connectivity index (χ4v) is 2.41. The van der Waals surface area contributed by atoms with Crippen LogP contribution in [0, 0.1) is 0 Å². The lowest BCUT2D eigenvalue weighted by Gasteiger charge is -2.22. The van der Waals surface area contributed by atoms with Gasteiger partial charge in [0.1, 0.15) is 5.82 Å². The Morgan fingerprint density at radius 1 is 1.25 bits per heavy atom. The van der Waals surface area contributed by atoms with Crippen LogP contribution >= 0.6 is 0 Å². The van der Waals surface area contributed by atoms with Gasteiger partial charge in [-0.15, -0.1) is 10.2 Å². The summed E-state index contributed by atoms with van der Waals surface area (Å²) in [7, 11) is 0. The fraction of sp³-hybridized carbons (Fsp3) is 0.692. The highest BCUT2D eigenvalue weighted by Crippen LogP contribution is 2.14. The van der Waals surface area contributed by atoms with Crippen molar-refractivity contribution in [3.63, 3.8) is 0 Å². The van der Waals surface area contributed by atoms with E-state index in [4.69, 9.17) is 4.42 Å². The monoisotopic (exact) mass is 276 g/mol. The highest BCUT2D eigenvalue weighted by Gasteiger charge is 2.21. The molecule has 0 saturated carbocycles. The third kappa shape index (κ3) is 2.72. The maximum Gasteiger partial charge on any atom is 0.230 e. The molecule has 0 saturated heterocycles. The summed E-state index contributed by atoms with van der Waals surface area (Å²) in [6.07, 6.45) is 3.70. The largest absolute Gasteiger partial charge is 0.424 e. The molecule has 7 heteroatoms. The number of hydrogen-bond donors (Lipinski definition) is 1. The first kappa shape index (κ1) is 13.2. The van der Waals surface area contributed by atoms with Crippen LogP contribution in [-0.4, -0.2) is 31.0 Å². The van der Waals surface area contributed by atoms with Crippen molar-refractivity contribution in [3.8, 4) is 0 Å². The molecule has 0 spiro atoms. The summed E-state index contributed by atoms with van der Waals surface area (Å²) in [5.74, 6) is 3.38. The molecule has 2 aromatic heterocycles. The van der Waals surface area contributed by atoms with Gasteiger partial charge in [0, 0.05) is 25.3 Å². The van der Waals surface area contributed by atoms with Crippen molar-refractivity contribution in [2.24, 2.45) is 0 Å². The Morgan fingerprint density at radius 3 is 2.85 bits per heavy atom.